The number of hydrogen-bond donors (Lipinski definition) is 0. The molecule has 7 nitrogen and oxygen atoms in total. The van der Waals surface area contributed by atoms with Crippen LogP contribution >= 0.6 is 0 Å². The van der Waals surface area contributed by atoms with Gasteiger partial charge in [-0.1, -0.05) is 6.07 Å². The lowest BCUT2D eigenvalue weighted by Gasteiger charge is -2.32. The third-order valence-electron chi connectivity index (χ3n) is 5.42. The van der Waals surface area contributed by atoms with E-state index in [2.05, 4.69) is 0 Å². The molecule has 1 aliphatic heterocycles. The molecule has 1 aromatic carbocycles. The van der Waals surface area contributed by atoms with E-state index in [1.165, 1.54) is 6.26 Å². The van der Waals surface area contributed by atoms with Crippen LogP contribution in [0.2, 0.25) is 0 Å². The number of carbonyl (C=O) groups is 2. The minimum Gasteiger partial charge on any atom is -0.493 e. The average Bonchev–Trinajstić information content (AvgIpc) is 3.31. The molecule has 7 heteroatoms. The summed E-state index contributed by atoms with van der Waals surface area (Å²) in [6.07, 6.45) is 3.58. The SMILES string of the molecule is COc1ccc(CCN(C)C(=O)C2CCN(C(=O)c3ccco3)CC2)cc1OC. The number of methoxy groups -OCH3 is 2. The van der Waals surface area contributed by atoms with Gasteiger partial charge in [0.2, 0.25) is 5.91 Å². The normalized spacial score (nSPS) is 14.5. The van der Waals surface area contributed by atoms with Crippen molar-refractivity contribution in [2.45, 2.75) is 19.3 Å². The predicted octanol–water partition coefficient (Wildman–Crippen LogP) is 2.85. The Labute approximate surface area is 171 Å². The summed E-state index contributed by atoms with van der Waals surface area (Å²) in [5.74, 6) is 1.70. The van der Waals surface area contributed by atoms with Crippen molar-refractivity contribution in [2.24, 2.45) is 5.92 Å². The smallest absolute Gasteiger partial charge is 0.289 e. The summed E-state index contributed by atoms with van der Waals surface area (Å²) in [5.41, 5.74) is 1.08. The van der Waals surface area contributed by atoms with Crippen molar-refractivity contribution in [2.75, 3.05) is 40.9 Å². The first kappa shape index (κ1) is 20.8. The Morgan fingerprint density at radius 1 is 1.14 bits per heavy atom. The maximum Gasteiger partial charge on any atom is 0.289 e. The topological polar surface area (TPSA) is 72.2 Å². The lowest BCUT2D eigenvalue weighted by molar-refractivity contribution is -0.135. The highest BCUT2D eigenvalue weighted by Crippen LogP contribution is 2.28. The maximum atomic E-state index is 12.8. The number of piperidine rings is 1. The highest BCUT2D eigenvalue weighted by atomic mass is 16.5. The van der Waals surface area contributed by atoms with Crippen molar-refractivity contribution in [3.05, 3.63) is 47.9 Å². The van der Waals surface area contributed by atoms with E-state index in [0.717, 1.165) is 12.0 Å². The summed E-state index contributed by atoms with van der Waals surface area (Å²) in [5, 5.41) is 0. The van der Waals surface area contributed by atoms with Gasteiger partial charge in [0.25, 0.3) is 5.91 Å². The Balaban J connectivity index is 1.49. The third kappa shape index (κ3) is 4.91. The molecule has 29 heavy (non-hydrogen) atoms. The molecule has 2 heterocycles. The molecular formula is C22H28N2O5. The van der Waals surface area contributed by atoms with Crippen molar-refractivity contribution in [3.63, 3.8) is 0 Å². The summed E-state index contributed by atoms with van der Waals surface area (Å²) >= 11 is 0. The number of ether oxygens (including phenoxy) is 2. The molecular weight excluding hydrogens is 372 g/mol. The van der Waals surface area contributed by atoms with Gasteiger partial charge in [-0.3, -0.25) is 9.59 Å². The minimum atomic E-state index is -0.109. The fourth-order valence-corrected chi connectivity index (χ4v) is 3.64. The van der Waals surface area contributed by atoms with Gasteiger partial charge in [-0.25, -0.2) is 0 Å². The number of nitrogens with zero attached hydrogens (tertiary/aromatic N) is 2. The van der Waals surface area contributed by atoms with E-state index < -0.39 is 0 Å². The number of amides is 2. The summed E-state index contributed by atoms with van der Waals surface area (Å²) < 4.78 is 15.8. The van der Waals surface area contributed by atoms with Gasteiger partial charge in [0.05, 0.1) is 20.5 Å². The van der Waals surface area contributed by atoms with Crippen LogP contribution in [-0.4, -0.2) is 62.5 Å². The number of likely N-dealkylation sites (tertiary alicyclic amines) is 1. The van der Waals surface area contributed by atoms with Crippen molar-refractivity contribution in [3.8, 4) is 11.5 Å². The molecule has 0 spiro atoms. The van der Waals surface area contributed by atoms with Crippen LogP contribution in [-0.2, 0) is 11.2 Å². The molecule has 0 unspecified atom stereocenters. The third-order valence-corrected chi connectivity index (χ3v) is 5.42. The predicted molar refractivity (Wildman–Crippen MR) is 108 cm³/mol. The van der Waals surface area contributed by atoms with E-state index in [0.29, 0.717) is 49.7 Å². The van der Waals surface area contributed by atoms with Gasteiger partial charge in [-0.2, -0.15) is 0 Å². The highest BCUT2D eigenvalue weighted by Gasteiger charge is 2.30. The molecule has 0 bridgehead atoms. The van der Waals surface area contributed by atoms with Crippen LogP contribution < -0.4 is 9.47 Å². The quantitative estimate of drug-likeness (QED) is 0.715. The van der Waals surface area contributed by atoms with Crippen molar-refractivity contribution >= 4 is 11.8 Å². The second-order valence-corrected chi connectivity index (χ2v) is 7.24. The monoisotopic (exact) mass is 400 g/mol. The van der Waals surface area contributed by atoms with Gasteiger partial charge in [-0.05, 0) is 49.1 Å². The second kappa shape index (κ2) is 9.49. The Morgan fingerprint density at radius 3 is 2.48 bits per heavy atom. The fraction of sp³-hybridized carbons (Fsp3) is 0.455. The van der Waals surface area contributed by atoms with E-state index >= 15 is 0 Å². The first-order chi connectivity index (χ1) is 14.0. The zero-order valence-corrected chi connectivity index (χ0v) is 17.2. The molecule has 0 N–H and O–H groups in total. The zero-order chi connectivity index (χ0) is 20.8. The van der Waals surface area contributed by atoms with Gasteiger partial charge >= 0.3 is 0 Å². The summed E-state index contributed by atoms with van der Waals surface area (Å²) in [6, 6.07) is 9.18. The number of rotatable bonds is 7. The molecule has 2 amide bonds. The largest absolute Gasteiger partial charge is 0.493 e. The van der Waals surface area contributed by atoms with Crippen LogP contribution in [0.5, 0.6) is 11.5 Å². The molecule has 3 rings (SSSR count). The molecule has 1 fully saturated rings. The van der Waals surface area contributed by atoms with Gasteiger partial charge in [0.1, 0.15) is 0 Å². The number of benzene rings is 1. The van der Waals surface area contributed by atoms with Crippen LogP contribution in [0.4, 0.5) is 0 Å². The van der Waals surface area contributed by atoms with Crippen LogP contribution in [0.25, 0.3) is 0 Å². The first-order valence-electron chi connectivity index (χ1n) is 9.82. The molecule has 0 radical (unpaired) electrons. The second-order valence-electron chi connectivity index (χ2n) is 7.24. The molecule has 2 aromatic rings. The standard InChI is InChI=1S/C22H28N2O5/c1-23(11-8-16-6-7-18(27-2)20(15-16)28-3)21(25)17-9-12-24(13-10-17)22(26)19-5-4-14-29-19/h4-7,14-15,17H,8-13H2,1-3H3. The Morgan fingerprint density at radius 2 is 1.86 bits per heavy atom. The van der Waals surface area contributed by atoms with Crippen molar-refractivity contribution < 1.29 is 23.5 Å². The van der Waals surface area contributed by atoms with Crippen LogP contribution in [0.3, 0.4) is 0 Å². The zero-order valence-electron chi connectivity index (χ0n) is 17.2. The molecule has 1 aliphatic rings. The number of carbonyl (C=O) groups excluding carboxylic acids is 2. The Kier molecular flexibility index (Phi) is 6.80. The van der Waals surface area contributed by atoms with E-state index in [1.54, 1.807) is 36.2 Å². The fourth-order valence-electron chi connectivity index (χ4n) is 3.64. The molecule has 0 aliphatic carbocycles. The van der Waals surface area contributed by atoms with Gasteiger partial charge in [0.15, 0.2) is 17.3 Å². The summed E-state index contributed by atoms with van der Waals surface area (Å²) in [7, 11) is 5.06. The van der Waals surface area contributed by atoms with Crippen molar-refractivity contribution in [1.29, 1.82) is 0 Å². The van der Waals surface area contributed by atoms with Crippen LogP contribution in [0.15, 0.2) is 41.0 Å². The van der Waals surface area contributed by atoms with Gasteiger partial charge in [-0.15, -0.1) is 0 Å². The lowest BCUT2D eigenvalue weighted by Crippen LogP contribution is -2.43. The van der Waals surface area contributed by atoms with Crippen molar-refractivity contribution in [1.82, 2.24) is 9.80 Å². The maximum absolute atomic E-state index is 12.8. The number of hydrogen-bond acceptors (Lipinski definition) is 5. The number of likely N-dealkylation sites (N-methyl/N-ethyl adjacent to an activating group) is 1. The lowest BCUT2D eigenvalue weighted by atomic mass is 9.95. The summed E-state index contributed by atoms with van der Waals surface area (Å²) in [6.45, 7) is 1.76. The molecule has 0 atom stereocenters. The van der Waals surface area contributed by atoms with E-state index in [1.807, 2.05) is 25.2 Å². The highest BCUT2D eigenvalue weighted by molar-refractivity contribution is 5.91. The summed E-state index contributed by atoms with van der Waals surface area (Å²) in [4.78, 5) is 28.7. The van der Waals surface area contributed by atoms with Gasteiger partial charge < -0.3 is 23.7 Å². The van der Waals surface area contributed by atoms with Crippen LogP contribution in [0.1, 0.15) is 29.0 Å². The Bertz CT molecular complexity index is 826. The number of furan rings is 1. The molecule has 1 aromatic heterocycles. The molecule has 156 valence electrons. The molecule has 0 saturated carbocycles. The van der Waals surface area contributed by atoms with Gasteiger partial charge in [0, 0.05) is 32.6 Å². The van der Waals surface area contributed by atoms with E-state index in [9.17, 15) is 9.59 Å². The Hall–Kier alpha value is -2.96. The van der Waals surface area contributed by atoms with Crippen LogP contribution in [0, 0.1) is 5.92 Å². The average molecular weight is 400 g/mol. The minimum absolute atomic E-state index is 0.0499. The van der Waals surface area contributed by atoms with E-state index in [4.69, 9.17) is 13.9 Å². The van der Waals surface area contributed by atoms with E-state index in [-0.39, 0.29) is 17.7 Å². The molecule has 1 saturated heterocycles. The first-order valence-corrected chi connectivity index (χ1v) is 9.82.